The van der Waals surface area contributed by atoms with Crippen molar-refractivity contribution in [3.8, 4) is 0 Å². The molecule has 1 rings (SSSR count). The Morgan fingerprint density at radius 3 is 2.11 bits per heavy atom. The molecule has 2 nitrogen and oxygen atoms in total. The molecular weight excluding hydrogens is 232 g/mol. The maximum Gasteiger partial charge on any atom is 0.0130 e. The molecule has 1 unspecified atom stereocenters. The van der Waals surface area contributed by atoms with Gasteiger partial charge in [-0.05, 0) is 31.2 Å². The van der Waals surface area contributed by atoms with E-state index in [9.17, 15) is 0 Å². The van der Waals surface area contributed by atoms with E-state index in [-0.39, 0.29) is 5.54 Å². The number of nitrogens with one attached hydrogen (secondary N) is 1. The standard InChI is InChI=1S/C17H30N2/c1-16(2,3)13-17(4,5)19-12-15(11-18)14-9-7-6-8-10-14/h6-10,15,19H,11-13,18H2,1-5H3. The van der Waals surface area contributed by atoms with E-state index in [2.05, 4.69) is 64.2 Å². The van der Waals surface area contributed by atoms with Gasteiger partial charge in [0.2, 0.25) is 0 Å². The Kier molecular flexibility index (Phi) is 5.57. The number of benzene rings is 1. The van der Waals surface area contributed by atoms with E-state index >= 15 is 0 Å². The minimum absolute atomic E-state index is 0.139. The third-order valence-electron chi connectivity index (χ3n) is 3.35. The van der Waals surface area contributed by atoms with E-state index < -0.39 is 0 Å². The molecule has 2 heteroatoms. The largest absolute Gasteiger partial charge is 0.330 e. The minimum atomic E-state index is 0.139. The normalized spacial score (nSPS) is 14.4. The van der Waals surface area contributed by atoms with Crippen LogP contribution in [0.4, 0.5) is 0 Å². The molecule has 0 aliphatic rings. The summed E-state index contributed by atoms with van der Waals surface area (Å²) in [5.41, 5.74) is 7.72. The maximum atomic E-state index is 5.92. The summed E-state index contributed by atoms with van der Waals surface area (Å²) < 4.78 is 0. The summed E-state index contributed by atoms with van der Waals surface area (Å²) in [6, 6.07) is 10.5. The first-order valence-corrected chi connectivity index (χ1v) is 7.23. The van der Waals surface area contributed by atoms with Gasteiger partial charge in [0.05, 0.1) is 0 Å². The third kappa shape index (κ3) is 6.22. The SMILES string of the molecule is CC(C)(C)CC(C)(C)NCC(CN)c1ccccc1. The Bertz CT molecular complexity index is 363. The van der Waals surface area contributed by atoms with Crippen LogP contribution in [0, 0.1) is 5.41 Å². The summed E-state index contributed by atoms with van der Waals surface area (Å²) in [6.45, 7) is 13.0. The van der Waals surface area contributed by atoms with Crippen molar-refractivity contribution in [2.24, 2.45) is 11.1 Å². The zero-order chi connectivity index (χ0) is 14.5. The van der Waals surface area contributed by atoms with Gasteiger partial charge in [-0.2, -0.15) is 0 Å². The lowest BCUT2D eigenvalue weighted by Gasteiger charge is -2.34. The fourth-order valence-corrected chi connectivity index (χ4v) is 2.85. The number of rotatable bonds is 6. The average molecular weight is 262 g/mol. The second-order valence-corrected chi connectivity index (χ2v) is 7.35. The smallest absolute Gasteiger partial charge is 0.0130 e. The van der Waals surface area contributed by atoms with Gasteiger partial charge >= 0.3 is 0 Å². The molecule has 19 heavy (non-hydrogen) atoms. The molecule has 0 heterocycles. The van der Waals surface area contributed by atoms with Gasteiger partial charge in [-0.25, -0.2) is 0 Å². The van der Waals surface area contributed by atoms with Crippen LogP contribution >= 0.6 is 0 Å². The van der Waals surface area contributed by atoms with Crippen molar-refractivity contribution in [1.82, 2.24) is 5.32 Å². The van der Waals surface area contributed by atoms with Gasteiger partial charge < -0.3 is 11.1 Å². The monoisotopic (exact) mass is 262 g/mol. The van der Waals surface area contributed by atoms with Gasteiger partial charge in [-0.15, -0.1) is 0 Å². The highest BCUT2D eigenvalue weighted by Crippen LogP contribution is 2.27. The predicted molar refractivity (Wildman–Crippen MR) is 84.4 cm³/mol. The topological polar surface area (TPSA) is 38.0 Å². The van der Waals surface area contributed by atoms with Crippen molar-refractivity contribution in [3.63, 3.8) is 0 Å². The fraction of sp³-hybridized carbons (Fsp3) is 0.647. The molecular formula is C17H30N2. The molecule has 0 aliphatic heterocycles. The van der Waals surface area contributed by atoms with Gasteiger partial charge in [-0.3, -0.25) is 0 Å². The van der Waals surface area contributed by atoms with Crippen molar-refractivity contribution < 1.29 is 0 Å². The molecule has 3 N–H and O–H groups in total. The Morgan fingerprint density at radius 2 is 1.63 bits per heavy atom. The van der Waals surface area contributed by atoms with Crippen LogP contribution in [-0.4, -0.2) is 18.6 Å². The van der Waals surface area contributed by atoms with Crippen molar-refractivity contribution >= 4 is 0 Å². The highest BCUT2D eigenvalue weighted by Gasteiger charge is 2.25. The zero-order valence-electron chi connectivity index (χ0n) is 13.2. The van der Waals surface area contributed by atoms with E-state index in [1.807, 2.05) is 6.07 Å². The van der Waals surface area contributed by atoms with E-state index in [4.69, 9.17) is 5.73 Å². The van der Waals surface area contributed by atoms with E-state index in [1.165, 1.54) is 5.56 Å². The highest BCUT2D eigenvalue weighted by molar-refractivity contribution is 5.20. The van der Waals surface area contributed by atoms with Crippen molar-refractivity contribution in [1.29, 1.82) is 0 Å². The lowest BCUT2D eigenvalue weighted by Crippen LogP contribution is -2.45. The van der Waals surface area contributed by atoms with Crippen LogP contribution < -0.4 is 11.1 Å². The molecule has 0 aromatic heterocycles. The molecule has 0 aliphatic carbocycles. The van der Waals surface area contributed by atoms with Crippen LogP contribution in [0.3, 0.4) is 0 Å². The number of hydrogen-bond donors (Lipinski definition) is 2. The molecule has 0 spiro atoms. The first-order chi connectivity index (χ1) is 8.73. The third-order valence-corrected chi connectivity index (χ3v) is 3.35. The van der Waals surface area contributed by atoms with Gasteiger partial charge in [0, 0.05) is 24.5 Å². The number of nitrogens with two attached hydrogens (primary N) is 1. The first-order valence-electron chi connectivity index (χ1n) is 7.23. The molecule has 0 bridgehead atoms. The van der Waals surface area contributed by atoms with E-state index in [1.54, 1.807) is 0 Å². The lowest BCUT2D eigenvalue weighted by atomic mass is 9.81. The summed E-state index contributed by atoms with van der Waals surface area (Å²) in [4.78, 5) is 0. The highest BCUT2D eigenvalue weighted by atomic mass is 15.0. The summed E-state index contributed by atoms with van der Waals surface area (Å²) >= 11 is 0. The summed E-state index contributed by atoms with van der Waals surface area (Å²) in [5, 5.41) is 3.69. The molecule has 1 aromatic rings. The maximum absolute atomic E-state index is 5.92. The fourth-order valence-electron chi connectivity index (χ4n) is 2.85. The van der Waals surface area contributed by atoms with E-state index in [0.717, 1.165) is 13.0 Å². The zero-order valence-corrected chi connectivity index (χ0v) is 13.2. The second kappa shape index (κ2) is 6.53. The summed E-state index contributed by atoms with van der Waals surface area (Å²) in [6.07, 6.45) is 1.14. The summed E-state index contributed by atoms with van der Waals surface area (Å²) in [7, 11) is 0. The second-order valence-electron chi connectivity index (χ2n) is 7.35. The van der Waals surface area contributed by atoms with Crippen LogP contribution in [0.2, 0.25) is 0 Å². The molecule has 0 saturated carbocycles. The van der Waals surface area contributed by atoms with E-state index in [0.29, 0.717) is 17.9 Å². The molecule has 0 radical (unpaired) electrons. The predicted octanol–water partition coefficient (Wildman–Crippen LogP) is 3.53. The number of hydrogen-bond acceptors (Lipinski definition) is 2. The van der Waals surface area contributed by atoms with Crippen LogP contribution in [0.5, 0.6) is 0 Å². The van der Waals surface area contributed by atoms with Crippen molar-refractivity contribution in [2.75, 3.05) is 13.1 Å². The Balaban J connectivity index is 2.59. The Morgan fingerprint density at radius 1 is 1.05 bits per heavy atom. The molecule has 0 amide bonds. The molecule has 0 saturated heterocycles. The quantitative estimate of drug-likeness (QED) is 0.823. The van der Waals surface area contributed by atoms with Gasteiger partial charge in [0.15, 0.2) is 0 Å². The van der Waals surface area contributed by atoms with Crippen LogP contribution in [0.15, 0.2) is 30.3 Å². The molecule has 108 valence electrons. The minimum Gasteiger partial charge on any atom is -0.330 e. The van der Waals surface area contributed by atoms with Crippen LogP contribution in [-0.2, 0) is 0 Å². The average Bonchev–Trinajstić information content (AvgIpc) is 2.28. The van der Waals surface area contributed by atoms with Crippen LogP contribution in [0.1, 0.15) is 52.5 Å². The Labute approximate surface area is 118 Å². The first kappa shape index (κ1) is 16.2. The summed E-state index contributed by atoms with van der Waals surface area (Å²) in [5.74, 6) is 0.389. The molecule has 1 aromatic carbocycles. The lowest BCUT2D eigenvalue weighted by molar-refractivity contribution is 0.239. The van der Waals surface area contributed by atoms with Crippen LogP contribution in [0.25, 0.3) is 0 Å². The van der Waals surface area contributed by atoms with Gasteiger partial charge in [0.1, 0.15) is 0 Å². The van der Waals surface area contributed by atoms with Crippen molar-refractivity contribution in [2.45, 2.75) is 52.5 Å². The molecule has 0 fully saturated rings. The van der Waals surface area contributed by atoms with Crippen molar-refractivity contribution in [3.05, 3.63) is 35.9 Å². The van der Waals surface area contributed by atoms with Gasteiger partial charge in [0.25, 0.3) is 0 Å². The Hall–Kier alpha value is -0.860. The molecule has 1 atom stereocenters. The van der Waals surface area contributed by atoms with Gasteiger partial charge in [-0.1, -0.05) is 51.1 Å².